The Bertz CT molecular complexity index is 1640. The van der Waals surface area contributed by atoms with Crippen molar-refractivity contribution in [3.05, 3.63) is 52.0 Å². The first-order valence-electron chi connectivity index (χ1n) is 14.4. The molecule has 1 unspecified atom stereocenters. The van der Waals surface area contributed by atoms with Crippen LogP contribution in [0, 0.1) is 11.8 Å². The van der Waals surface area contributed by atoms with Gasteiger partial charge in [0.1, 0.15) is 34.4 Å². The fourth-order valence-corrected chi connectivity index (χ4v) is 6.85. The SMILES string of the molecule is CN(C)c1cc(-c2ccc(CNC(C)(C)C)o2)c(O)c2c1C[C@H]1C[C@@H]3C(N(C)C)C(=O)C(C(N)=O)=C(O)[C@@]3(O)C(=O)C1=C2O. The molecule has 12 nitrogen and oxygen atoms in total. The molecule has 7 N–H and O–H groups in total. The highest BCUT2D eigenvalue weighted by Gasteiger charge is 2.64. The zero-order chi connectivity index (χ0) is 32.6. The van der Waals surface area contributed by atoms with E-state index < -0.39 is 58.0 Å². The molecule has 3 aliphatic rings. The Kier molecular flexibility index (Phi) is 7.47. The van der Waals surface area contributed by atoms with Crippen molar-refractivity contribution in [3.8, 4) is 17.1 Å². The van der Waals surface area contributed by atoms with Gasteiger partial charge in [0.2, 0.25) is 5.78 Å². The van der Waals surface area contributed by atoms with E-state index in [2.05, 4.69) is 5.32 Å². The topological polar surface area (TPSA) is 190 Å². The molecule has 1 aromatic heterocycles. The lowest BCUT2D eigenvalue weighted by atomic mass is 9.57. The molecule has 1 amide bonds. The molecular weight excluding hydrogens is 568 g/mol. The summed E-state index contributed by atoms with van der Waals surface area (Å²) in [6.45, 7) is 6.53. The van der Waals surface area contributed by atoms with Crippen molar-refractivity contribution in [3.63, 3.8) is 0 Å². The van der Waals surface area contributed by atoms with E-state index in [0.29, 0.717) is 29.3 Å². The van der Waals surface area contributed by atoms with Gasteiger partial charge in [-0.25, -0.2) is 0 Å². The number of aromatic hydroxyl groups is 1. The van der Waals surface area contributed by atoms with Crippen LogP contribution in [0.1, 0.15) is 44.1 Å². The maximum atomic E-state index is 14.2. The van der Waals surface area contributed by atoms with E-state index in [1.54, 1.807) is 32.3 Å². The fraction of sp³-hybridized carbons (Fsp3) is 0.469. The Balaban J connectivity index is 1.69. The number of nitrogens with two attached hydrogens (primary N) is 1. The van der Waals surface area contributed by atoms with Crippen molar-refractivity contribution in [1.82, 2.24) is 10.2 Å². The van der Waals surface area contributed by atoms with Crippen LogP contribution in [0.3, 0.4) is 0 Å². The number of nitrogens with one attached hydrogen (secondary N) is 1. The van der Waals surface area contributed by atoms with Crippen LogP contribution in [0.4, 0.5) is 5.69 Å². The molecule has 0 radical (unpaired) electrons. The summed E-state index contributed by atoms with van der Waals surface area (Å²) < 4.78 is 6.05. The molecule has 5 rings (SSSR count). The Morgan fingerprint density at radius 2 is 1.80 bits per heavy atom. The average Bonchev–Trinajstić information content (AvgIpc) is 3.37. The van der Waals surface area contributed by atoms with Crippen LogP contribution in [0.5, 0.6) is 5.75 Å². The number of benzene rings is 1. The number of phenols is 1. The normalized spacial score (nSPS) is 25.2. The van der Waals surface area contributed by atoms with Gasteiger partial charge in [-0.15, -0.1) is 0 Å². The van der Waals surface area contributed by atoms with Crippen molar-refractivity contribution >= 4 is 28.9 Å². The molecule has 4 atom stereocenters. The van der Waals surface area contributed by atoms with Crippen LogP contribution < -0.4 is 16.0 Å². The van der Waals surface area contributed by atoms with Gasteiger partial charge in [0.05, 0.1) is 23.7 Å². The van der Waals surface area contributed by atoms with E-state index >= 15 is 0 Å². The van der Waals surface area contributed by atoms with Crippen molar-refractivity contribution in [2.45, 2.75) is 57.3 Å². The lowest BCUT2D eigenvalue weighted by molar-refractivity contribution is -0.153. The van der Waals surface area contributed by atoms with Crippen LogP contribution in [0.2, 0.25) is 0 Å². The Morgan fingerprint density at radius 1 is 1.14 bits per heavy atom. The number of anilines is 1. The summed E-state index contributed by atoms with van der Waals surface area (Å²) in [6, 6.07) is 4.11. The third-order valence-electron chi connectivity index (χ3n) is 8.90. The van der Waals surface area contributed by atoms with E-state index in [-0.39, 0.29) is 40.8 Å². The number of aliphatic hydroxyl groups excluding tert-OH is 2. The number of carbonyl (C=O) groups is 3. The first-order chi connectivity index (χ1) is 20.4. The average molecular weight is 609 g/mol. The Hall–Kier alpha value is -4.13. The van der Waals surface area contributed by atoms with Gasteiger partial charge in [-0.3, -0.25) is 19.3 Å². The summed E-state index contributed by atoms with van der Waals surface area (Å²) in [5, 5.41) is 49.6. The molecule has 1 fully saturated rings. The van der Waals surface area contributed by atoms with Crippen LogP contribution in [-0.2, 0) is 27.3 Å². The zero-order valence-corrected chi connectivity index (χ0v) is 26.0. The highest BCUT2D eigenvalue weighted by Crippen LogP contribution is 2.55. The number of hydrogen-bond acceptors (Lipinski definition) is 11. The van der Waals surface area contributed by atoms with E-state index in [9.17, 15) is 34.8 Å². The lowest BCUT2D eigenvalue weighted by Gasteiger charge is -2.50. The predicted molar refractivity (Wildman–Crippen MR) is 163 cm³/mol. The Morgan fingerprint density at radius 3 is 2.36 bits per heavy atom. The molecular formula is C32H40N4O8. The summed E-state index contributed by atoms with van der Waals surface area (Å²) in [6.07, 6.45) is 0.207. The second-order valence-electron chi connectivity index (χ2n) is 13.4. The van der Waals surface area contributed by atoms with Crippen molar-refractivity contribution in [2.24, 2.45) is 17.6 Å². The minimum absolute atomic E-state index is 0.00764. The van der Waals surface area contributed by atoms with Crippen molar-refractivity contribution in [2.75, 3.05) is 33.1 Å². The number of carbonyl (C=O) groups excluding carboxylic acids is 3. The molecule has 0 spiro atoms. The number of aliphatic hydroxyl groups is 3. The van der Waals surface area contributed by atoms with Crippen LogP contribution in [0.25, 0.3) is 17.1 Å². The van der Waals surface area contributed by atoms with Crippen molar-refractivity contribution in [1.29, 1.82) is 0 Å². The van der Waals surface area contributed by atoms with Gasteiger partial charge in [0.15, 0.2) is 11.4 Å². The number of Topliss-reactive ketones (excluding diaryl/α,β-unsaturated/α-hetero) is 2. The molecule has 1 aromatic carbocycles. The summed E-state index contributed by atoms with van der Waals surface area (Å²) in [7, 11) is 6.76. The number of furan rings is 1. The first-order valence-corrected chi connectivity index (χ1v) is 14.4. The molecule has 2 aromatic rings. The number of fused-ring (bicyclic) bond motifs is 3. The number of likely N-dealkylation sites (N-methyl/N-ethyl adjacent to an activating group) is 1. The molecule has 44 heavy (non-hydrogen) atoms. The summed E-state index contributed by atoms with van der Waals surface area (Å²) in [5.41, 5.74) is 3.04. The van der Waals surface area contributed by atoms with E-state index in [1.807, 2.05) is 39.8 Å². The molecule has 0 saturated heterocycles. The standard InChI is InChI=1S/C32H40N4O8/c1-31(2,3)34-13-15-8-9-20(44-15)17-12-19(35(4)5)16-10-14-11-18-24(36(6)7)27(39)23(30(33)42)29(41)32(18,43)28(40)21(14)26(38)22(16)25(17)37/h8-9,12,14,18,24,34,37-38,41,43H,10-11,13H2,1-7H3,(H2,33,42)/t14-,18+,24?,32-/m0/s1. The monoisotopic (exact) mass is 608 g/mol. The van der Waals surface area contributed by atoms with Gasteiger partial charge in [-0.2, -0.15) is 0 Å². The number of amides is 1. The van der Waals surface area contributed by atoms with Gasteiger partial charge in [0.25, 0.3) is 5.91 Å². The zero-order valence-electron chi connectivity index (χ0n) is 26.0. The molecule has 0 bridgehead atoms. The number of phenolic OH excluding ortho intramolecular Hbond substituents is 1. The number of rotatable bonds is 6. The highest BCUT2D eigenvalue weighted by atomic mass is 16.4. The van der Waals surface area contributed by atoms with Gasteiger partial charge in [-0.05, 0) is 77.4 Å². The fourth-order valence-electron chi connectivity index (χ4n) is 6.85. The third kappa shape index (κ3) is 4.68. The quantitative estimate of drug-likeness (QED) is 0.264. The molecule has 1 heterocycles. The number of ketones is 2. The lowest BCUT2D eigenvalue weighted by Crippen LogP contribution is -2.65. The van der Waals surface area contributed by atoms with Gasteiger partial charge in [-0.1, -0.05) is 0 Å². The highest BCUT2D eigenvalue weighted by molar-refractivity contribution is 6.24. The minimum Gasteiger partial charge on any atom is -0.508 e. The van der Waals surface area contributed by atoms with Crippen LogP contribution in [-0.4, -0.2) is 88.2 Å². The molecule has 0 aliphatic heterocycles. The van der Waals surface area contributed by atoms with E-state index in [1.165, 1.54) is 4.90 Å². The second-order valence-corrected chi connectivity index (χ2v) is 13.4. The van der Waals surface area contributed by atoms with E-state index in [0.717, 1.165) is 0 Å². The van der Waals surface area contributed by atoms with E-state index in [4.69, 9.17) is 10.2 Å². The number of primary amides is 1. The third-order valence-corrected chi connectivity index (χ3v) is 8.90. The van der Waals surface area contributed by atoms with Gasteiger partial charge in [0, 0.05) is 36.8 Å². The van der Waals surface area contributed by atoms with Crippen molar-refractivity contribution < 1.29 is 39.2 Å². The van der Waals surface area contributed by atoms with Crippen LogP contribution >= 0.6 is 0 Å². The number of nitrogens with zero attached hydrogens (tertiary/aromatic N) is 2. The number of hydrogen-bond donors (Lipinski definition) is 6. The predicted octanol–water partition coefficient (Wildman–Crippen LogP) is 2.18. The van der Waals surface area contributed by atoms with Gasteiger partial charge < -0.3 is 40.8 Å². The summed E-state index contributed by atoms with van der Waals surface area (Å²) >= 11 is 0. The second kappa shape index (κ2) is 10.5. The van der Waals surface area contributed by atoms with Gasteiger partial charge >= 0.3 is 0 Å². The largest absolute Gasteiger partial charge is 0.508 e. The minimum atomic E-state index is -2.70. The maximum absolute atomic E-state index is 14.2. The molecule has 236 valence electrons. The summed E-state index contributed by atoms with van der Waals surface area (Å²) in [5.74, 6) is -5.93. The first kappa shape index (κ1) is 31.3. The summed E-state index contributed by atoms with van der Waals surface area (Å²) in [4.78, 5) is 43.0. The maximum Gasteiger partial charge on any atom is 0.255 e. The molecule has 3 aliphatic carbocycles. The Labute approximate surface area is 255 Å². The smallest absolute Gasteiger partial charge is 0.255 e. The molecule has 12 heteroatoms. The molecule has 1 saturated carbocycles. The van der Waals surface area contributed by atoms with Crippen LogP contribution in [0.15, 0.2) is 39.5 Å².